The fourth-order valence-corrected chi connectivity index (χ4v) is 5.58. The lowest BCUT2D eigenvalue weighted by molar-refractivity contribution is -0.123. The Hall–Kier alpha value is -5.24. The Bertz CT molecular complexity index is 1450. The van der Waals surface area contributed by atoms with Crippen LogP contribution in [-0.2, 0) is 22.4 Å². The third-order valence-corrected chi connectivity index (χ3v) is 8.33. The first kappa shape index (κ1) is 36.6. The van der Waals surface area contributed by atoms with Crippen LogP contribution in [0.5, 0.6) is 0 Å². The predicted molar refractivity (Wildman–Crippen MR) is 194 cm³/mol. The van der Waals surface area contributed by atoms with Crippen LogP contribution < -0.4 is 21.3 Å². The van der Waals surface area contributed by atoms with Crippen LogP contribution in [0.25, 0.3) is 0 Å². The third kappa shape index (κ3) is 13.4. The number of unbranched alkanes of at least 4 members (excludes halogenated alkanes) is 6. The smallest absolute Gasteiger partial charge is 0.251 e. The van der Waals surface area contributed by atoms with E-state index >= 15 is 0 Å². The van der Waals surface area contributed by atoms with Gasteiger partial charge in [-0.15, -0.1) is 0 Å². The summed E-state index contributed by atoms with van der Waals surface area (Å²) in [6.45, 7) is 1.12. The third-order valence-electron chi connectivity index (χ3n) is 8.33. The van der Waals surface area contributed by atoms with Crippen molar-refractivity contribution in [2.45, 2.75) is 69.9 Å². The van der Waals surface area contributed by atoms with Gasteiger partial charge in [0.25, 0.3) is 11.8 Å². The summed E-state index contributed by atoms with van der Waals surface area (Å²) in [7, 11) is 0. The minimum Gasteiger partial charge on any atom is -0.354 e. The van der Waals surface area contributed by atoms with E-state index in [2.05, 4.69) is 21.3 Å². The van der Waals surface area contributed by atoms with Gasteiger partial charge in [0.05, 0.1) is 0 Å². The van der Waals surface area contributed by atoms with E-state index in [4.69, 9.17) is 0 Å². The fourth-order valence-electron chi connectivity index (χ4n) is 5.58. The van der Waals surface area contributed by atoms with Crippen LogP contribution in [0, 0.1) is 0 Å². The number of benzene rings is 4. The second-order valence-electron chi connectivity index (χ2n) is 12.2. The molecule has 0 saturated heterocycles. The molecule has 0 aliphatic heterocycles. The fraction of sp³-hybridized carbons (Fsp3) is 0.317. The summed E-state index contributed by atoms with van der Waals surface area (Å²) in [5.41, 5.74) is 3.01. The maximum Gasteiger partial charge on any atom is 0.251 e. The molecule has 0 unspecified atom stereocenters. The molecule has 8 heteroatoms. The van der Waals surface area contributed by atoms with Crippen molar-refractivity contribution in [3.8, 4) is 0 Å². The summed E-state index contributed by atoms with van der Waals surface area (Å²) < 4.78 is 0. The highest BCUT2D eigenvalue weighted by Gasteiger charge is 2.23. The summed E-state index contributed by atoms with van der Waals surface area (Å²) in [5, 5.41) is 11.8. The first-order chi connectivity index (χ1) is 24.0. The van der Waals surface area contributed by atoms with Gasteiger partial charge in [-0.25, -0.2) is 0 Å². The number of rotatable bonds is 20. The van der Waals surface area contributed by atoms with Crippen molar-refractivity contribution in [1.29, 1.82) is 0 Å². The first-order valence-electron chi connectivity index (χ1n) is 17.3. The average molecular weight is 661 g/mol. The van der Waals surface area contributed by atoms with E-state index in [1.165, 1.54) is 0 Å². The van der Waals surface area contributed by atoms with E-state index in [-0.39, 0.29) is 23.6 Å². The maximum atomic E-state index is 13.1. The Labute approximate surface area is 290 Å². The Kier molecular flexibility index (Phi) is 15.6. The van der Waals surface area contributed by atoms with E-state index in [1.54, 1.807) is 48.5 Å². The number of hydrogen-bond donors (Lipinski definition) is 4. The van der Waals surface area contributed by atoms with Crippen molar-refractivity contribution in [1.82, 2.24) is 21.3 Å². The summed E-state index contributed by atoms with van der Waals surface area (Å²) in [5.74, 6) is -0.891. The molecule has 4 amide bonds. The molecule has 0 aliphatic carbocycles. The molecule has 4 aromatic rings. The van der Waals surface area contributed by atoms with E-state index in [9.17, 15) is 19.2 Å². The van der Waals surface area contributed by atoms with Crippen LogP contribution in [0.4, 0.5) is 0 Å². The monoisotopic (exact) mass is 660 g/mol. The van der Waals surface area contributed by atoms with Gasteiger partial charge in [0.15, 0.2) is 0 Å². The number of nitrogens with one attached hydrogen (secondary N) is 4. The van der Waals surface area contributed by atoms with Gasteiger partial charge in [0, 0.05) is 37.1 Å². The largest absolute Gasteiger partial charge is 0.354 e. The Morgan fingerprint density at radius 1 is 0.408 bits per heavy atom. The predicted octanol–water partition coefficient (Wildman–Crippen LogP) is 6.03. The summed E-state index contributed by atoms with van der Waals surface area (Å²) in [6.07, 6.45) is 7.76. The minimum atomic E-state index is -0.663. The average Bonchev–Trinajstić information content (AvgIpc) is 3.14. The highest BCUT2D eigenvalue weighted by Crippen LogP contribution is 2.10. The van der Waals surface area contributed by atoms with Gasteiger partial charge in [0.1, 0.15) is 12.1 Å². The molecule has 8 nitrogen and oxygen atoms in total. The summed E-state index contributed by atoms with van der Waals surface area (Å²) in [6, 6.07) is 35.9. The van der Waals surface area contributed by atoms with Crippen molar-refractivity contribution < 1.29 is 19.2 Å². The second-order valence-corrected chi connectivity index (χ2v) is 12.2. The summed E-state index contributed by atoms with van der Waals surface area (Å²) in [4.78, 5) is 51.7. The van der Waals surface area contributed by atoms with Crippen molar-refractivity contribution in [2.24, 2.45) is 0 Å². The zero-order chi connectivity index (χ0) is 34.5. The zero-order valence-corrected chi connectivity index (χ0v) is 28.1. The van der Waals surface area contributed by atoms with Crippen LogP contribution in [0.1, 0.15) is 76.8 Å². The molecule has 0 fully saturated rings. The van der Waals surface area contributed by atoms with Crippen LogP contribution in [0.15, 0.2) is 121 Å². The van der Waals surface area contributed by atoms with Crippen molar-refractivity contribution in [2.75, 3.05) is 13.1 Å². The second kappa shape index (κ2) is 20.9. The minimum absolute atomic E-state index is 0.180. The molecule has 0 spiro atoms. The lowest BCUT2D eigenvalue weighted by Gasteiger charge is -2.19. The van der Waals surface area contributed by atoms with E-state index in [0.29, 0.717) is 37.1 Å². The molecule has 2 atom stereocenters. The van der Waals surface area contributed by atoms with Gasteiger partial charge in [-0.05, 0) is 48.2 Å². The Morgan fingerprint density at radius 2 is 0.714 bits per heavy atom. The van der Waals surface area contributed by atoms with Crippen LogP contribution in [0.3, 0.4) is 0 Å². The lowest BCUT2D eigenvalue weighted by atomic mass is 10.0. The molecular formula is C41H48N4O4. The molecule has 4 N–H and O–H groups in total. The highest BCUT2D eigenvalue weighted by molar-refractivity contribution is 5.98. The zero-order valence-electron chi connectivity index (χ0n) is 28.1. The Morgan fingerprint density at radius 3 is 1.06 bits per heavy atom. The van der Waals surface area contributed by atoms with E-state index < -0.39 is 12.1 Å². The van der Waals surface area contributed by atoms with Crippen molar-refractivity contribution >= 4 is 23.6 Å². The van der Waals surface area contributed by atoms with Crippen molar-refractivity contribution in [3.05, 3.63) is 144 Å². The molecule has 0 radical (unpaired) electrons. The standard InChI is InChI=1S/C41H48N4O4/c46-38(34-24-14-8-15-25-34)44-36(30-32-20-10-6-11-21-32)40(48)42-28-18-4-2-1-3-5-19-29-43-41(49)37(31-33-22-12-7-13-23-33)45-39(47)35-26-16-9-17-27-35/h6-17,20-27,36-37H,1-5,18-19,28-31H2,(H,42,48)(H,43,49)(H,44,46)(H,45,47)/t36-,37-/m0/s1. The van der Waals surface area contributed by atoms with Crippen LogP contribution >= 0.6 is 0 Å². The SMILES string of the molecule is O=C(N[C@@H](Cc1ccccc1)C(=O)NCCCCCCCCCNC(=O)[C@H](Cc1ccccc1)NC(=O)c1ccccc1)c1ccccc1. The number of carbonyl (C=O) groups is 4. The molecule has 49 heavy (non-hydrogen) atoms. The number of amides is 4. The molecule has 0 heterocycles. The Balaban J connectivity index is 1.10. The first-order valence-corrected chi connectivity index (χ1v) is 17.3. The number of carbonyl (C=O) groups excluding carboxylic acids is 4. The van der Waals surface area contributed by atoms with Crippen LogP contribution in [-0.4, -0.2) is 48.8 Å². The molecular weight excluding hydrogens is 612 g/mol. The van der Waals surface area contributed by atoms with E-state index in [0.717, 1.165) is 56.1 Å². The molecule has 256 valence electrons. The van der Waals surface area contributed by atoms with E-state index in [1.807, 2.05) is 72.8 Å². The molecule has 4 aromatic carbocycles. The van der Waals surface area contributed by atoms with Gasteiger partial charge >= 0.3 is 0 Å². The van der Waals surface area contributed by atoms with Gasteiger partial charge in [-0.1, -0.05) is 129 Å². The molecule has 4 rings (SSSR count). The van der Waals surface area contributed by atoms with Gasteiger partial charge in [0.2, 0.25) is 11.8 Å². The molecule has 0 aromatic heterocycles. The summed E-state index contributed by atoms with van der Waals surface area (Å²) >= 11 is 0. The topological polar surface area (TPSA) is 116 Å². The quantitative estimate of drug-likeness (QED) is 0.0867. The highest BCUT2D eigenvalue weighted by atomic mass is 16.2. The van der Waals surface area contributed by atoms with Gasteiger partial charge < -0.3 is 21.3 Å². The lowest BCUT2D eigenvalue weighted by Crippen LogP contribution is -2.48. The number of hydrogen-bond acceptors (Lipinski definition) is 4. The molecule has 0 saturated carbocycles. The molecule has 0 bridgehead atoms. The van der Waals surface area contributed by atoms with Gasteiger partial charge in [-0.3, -0.25) is 19.2 Å². The maximum absolute atomic E-state index is 13.1. The van der Waals surface area contributed by atoms with Gasteiger partial charge in [-0.2, -0.15) is 0 Å². The van der Waals surface area contributed by atoms with Crippen LogP contribution in [0.2, 0.25) is 0 Å². The molecule has 0 aliphatic rings. The normalized spacial score (nSPS) is 11.9. The van der Waals surface area contributed by atoms with Crippen molar-refractivity contribution in [3.63, 3.8) is 0 Å².